The first-order chi connectivity index (χ1) is 15.0. The Morgan fingerprint density at radius 2 is 1.45 bits per heavy atom. The van der Waals surface area contributed by atoms with E-state index in [0.717, 1.165) is 33.6 Å². The minimum Gasteiger partial charge on any atom is -0.493 e. The second-order valence-corrected chi connectivity index (χ2v) is 7.46. The molecule has 0 amide bonds. The van der Waals surface area contributed by atoms with Gasteiger partial charge in [-0.25, -0.2) is 4.98 Å². The molecule has 1 atom stereocenters. The average molecular weight is 418 g/mol. The lowest BCUT2D eigenvalue weighted by Gasteiger charge is -2.14. The summed E-state index contributed by atoms with van der Waals surface area (Å²) in [6.45, 7) is 2.32. The predicted molar refractivity (Wildman–Crippen MR) is 121 cm³/mol. The highest BCUT2D eigenvalue weighted by Crippen LogP contribution is 2.41. The number of fused-ring (bicyclic) bond motifs is 1. The molecule has 0 radical (unpaired) electrons. The lowest BCUT2D eigenvalue weighted by atomic mass is 10.0. The van der Waals surface area contributed by atoms with Gasteiger partial charge < -0.3 is 23.9 Å². The summed E-state index contributed by atoms with van der Waals surface area (Å²) < 4.78 is 18.3. The summed E-state index contributed by atoms with van der Waals surface area (Å²) in [6.07, 6.45) is 3.53. The molecular formula is C25H26N2O4. The Hall–Kier alpha value is -3.51. The quantitative estimate of drug-likeness (QED) is 0.470. The second kappa shape index (κ2) is 8.70. The van der Waals surface area contributed by atoms with Crippen molar-refractivity contribution in [3.05, 3.63) is 60.9 Å². The Bertz CT molecular complexity index is 1120. The molecule has 0 bridgehead atoms. The van der Waals surface area contributed by atoms with Gasteiger partial charge in [0.25, 0.3) is 0 Å². The lowest BCUT2D eigenvalue weighted by Crippen LogP contribution is -2.11. The van der Waals surface area contributed by atoms with Crippen LogP contribution in [0, 0.1) is 0 Å². The molecule has 0 aromatic heterocycles. The van der Waals surface area contributed by atoms with Crippen LogP contribution in [0.2, 0.25) is 0 Å². The standard InChI is InChI=1S/C25H26N2O4/c1-16(28)14-27-10-9-19-11-21(26-22(19)15-27)18-7-5-17(6-8-18)20-12-23(29-2)25(31-4)24(13-20)30-3/h5-13,15-16,28H,14H2,1-4H3. The van der Waals surface area contributed by atoms with Crippen molar-refractivity contribution in [3.63, 3.8) is 0 Å². The molecule has 160 valence electrons. The first-order valence-electron chi connectivity index (χ1n) is 10.1. The van der Waals surface area contributed by atoms with Gasteiger partial charge in [-0.2, -0.15) is 0 Å². The van der Waals surface area contributed by atoms with Gasteiger partial charge in [0.1, 0.15) is 0 Å². The average Bonchev–Trinajstić information content (AvgIpc) is 3.21. The summed E-state index contributed by atoms with van der Waals surface area (Å²) in [5.74, 6) is 1.82. The zero-order valence-electron chi connectivity index (χ0n) is 18.1. The highest BCUT2D eigenvalue weighted by Gasteiger charge is 2.15. The number of rotatable bonds is 7. The van der Waals surface area contributed by atoms with Crippen molar-refractivity contribution in [2.24, 2.45) is 0 Å². The molecule has 4 rings (SSSR count). The normalized spacial score (nSPS) is 12.0. The third-order valence-corrected chi connectivity index (χ3v) is 5.22. The van der Waals surface area contributed by atoms with Crippen molar-refractivity contribution in [2.45, 2.75) is 19.6 Å². The zero-order chi connectivity index (χ0) is 22.0. The molecule has 2 aromatic rings. The molecule has 2 heterocycles. The zero-order valence-corrected chi connectivity index (χ0v) is 18.1. The van der Waals surface area contributed by atoms with Crippen LogP contribution in [0.15, 0.2) is 60.9 Å². The van der Waals surface area contributed by atoms with Crippen LogP contribution in [0.5, 0.6) is 17.2 Å². The first-order valence-corrected chi connectivity index (χ1v) is 10.1. The summed E-state index contributed by atoms with van der Waals surface area (Å²) in [5.41, 5.74) is 5.95. The highest BCUT2D eigenvalue weighted by molar-refractivity contribution is 5.76. The van der Waals surface area contributed by atoms with Crippen molar-refractivity contribution >= 4 is 0 Å². The molecule has 31 heavy (non-hydrogen) atoms. The maximum atomic E-state index is 9.61. The van der Waals surface area contributed by atoms with Crippen LogP contribution in [0.4, 0.5) is 0 Å². The maximum Gasteiger partial charge on any atom is 0.203 e. The minimum atomic E-state index is -0.403. The second-order valence-electron chi connectivity index (χ2n) is 7.46. The van der Waals surface area contributed by atoms with Gasteiger partial charge >= 0.3 is 0 Å². The Labute approximate surface area is 182 Å². The topological polar surface area (TPSA) is 65.7 Å². The third kappa shape index (κ3) is 4.20. The van der Waals surface area contributed by atoms with Gasteiger partial charge in [0.15, 0.2) is 11.5 Å². The third-order valence-electron chi connectivity index (χ3n) is 5.22. The van der Waals surface area contributed by atoms with E-state index in [0.29, 0.717) is 23.8 Å². The summed E-state index contributed by atoms with van der Waals surface area (Å²) in [6, 6.07) is 16.2. The Kier molecular flexibility index (Phi) is 5.82. The number of aliphatic hydroxyl groups excluding tert-OH is 1. The molecule has 2 aromatic carbocycles. The van der Waals surface area contributed by atoms with E-state index in [4.69, 9.17) is 19.2 Å². The lowest BCUT2D eigenvalue weighted by molar-refractivity contribution is 0.173. The molecule has 0 fully saturated rings. The summed E-state index contributed by atoms with van der Waals surface area (Å²) >= 11 is 0. The van der Waals surface area contributed by atoms with Crippen LogP contribution in [0.25, 0.3) is 33.6 Å². The summed E-state index contributed by atoms with van der Waals surface area (Å²) in [7, 11) is 4.82. The smallest absolute Gasteiger partial charge is 0.203 e. The van der Waals surface area contributed by atoms with Gasteiger partial charge in [0, 0.05) is 30.1 Å². The molecule has 1 unspecified atom stereocenters. The van der Waals surface area contributed by atoms with Gasteiger partial charge in [-0.3, -0.25) is 0 Å². The van der Waals surface area contributed by atoms with E-state index in [1.165, 1.54) is 0 Å². The maximum absolute atomic E-state index is 9.61. The van der Waals surface area contributed by atoms with Crippen molar-refractivity contribution < 1.29 is 19.3 Å². The van der Waals surface area contributed by atoms with Gasteiger partial charge in [-0.15, -0.1) is 0 Å². The molecule has 1 N–H and O–H groups in total. The SMILES string of the molecule is COc1cc(-c2ccc(-c3cc4ccn(CC(C)O)cc-4n3)cc2)cc(OC)c1OC. The number of methoxy groups -OCH3 is 3. The summed E-state index contributed by atoms with van der Waals surface area (Å²) in [4.78, 5) is 4.77. The van der Waals surface area contributed by atoms with Crippen LogP contribution in [0.1, 0.15) is 6.92 Å². The van der Waals surface area contributed by atoms with E-state index in [9.17, 15) is 5.11 Å². The Morgan fingerprint density at radius 3 is 2.03 bits per heavy atom. The van der Waals surface area contributed by atoms with Crippen molar-refractivity contribution in [2.75, 3.05) is 21.3 Å². The number of hydrogen-bond donors (Lipinski definition) is 1. The largest absolute Gasteiger partial charge is 0.493 e. The van der Waals surface area contributed by atoms with E-state index >= 15 is 0 Å². The molecule has 6 heteroatoms. The molecule has 0 saturated heterocycles. The molecule has 0 saturated carbocycles. The van der Waals surface area contributed by atoms with Crippen molar-refractivity contribution in [3.8, 4) is 50.9 Å². The summed E-state index contributed by atoms with van der Waals surface area (Å²) in [5, 5.41) is 9.61. The molecule has 2 aliphatic rings. The number of aliphatic hydroxyl groups is 1. The van der Waals surface area contributed by atoms with Crippen LogP contribution < -0.4 is 14.2 Å². The number of ether oxygens (including phenoxy) is 3. The fourth-order valence-electron chi connectivity index (χ4n) is 3.71. The Morgan fingerprint density at radius 1 is 0.806 bits per heavy atom. The number of pyridine rings is 1. The monoisotopic (exact) mass is 418 g/mol. The van der Waals surface area contributed by atoms with E-state index in [-0.39, 0.29) is 0 Å². The number of aromatic nitrogens is 2. The first kappa shape index (κ1) is 20.8. The Balaban J connectivity index is 1.65. The van der Waals surface area contributed by atoms with E-state index in [1.54, 1.807) is 28.3 Å². The van der Waals surface area contributed by atoms with Crippen molar-refractivity contribution in [1.82, 2.24) is 9.55 Å². The molecule has 6 nitrogen and oxygen atoms in total. The molecule has 0 spiro atoms. The molecule has 2 aliphatic heterocycles. The number of nitrogens with zero attached hydrogens (tertiary/aromatic N) is 2. The fourth-order valence-corrected chi connectivity index (χ4v) is 3.71. The van der Waals surface area contributed by atoms with E-state index in [2.05, 4.69) is 30.3 Å². The van der Waals surface area contributed by atoms with Crippen LogP contribution in [-0.4, -0.2) is 42.1 Å². The van der Waals surface area contributed by atoms with Gasteiger partial charge in [-0.1, -0.05) is 24.3 Å². The van der Waals surface area contributed by atoms with Crippen LogP contribution >= 0.6 is 0 Å². The number of hydrogen-bond acceptors (Lipinski definition) is 5. The highest BCUT2D eigenvalue weighted by atomic mass is 16.5. The number of benzene rings is 2. The van der Waals surface area contributed by atoms with Gasteiger partial charge in [0.2, 0.25) is 5.75 Å². The van der Waals surface area contributed by atoms with Crippen LogP contribution in [0.3, 0.4) is 0 Å². The molecule has 0 aliphatic carbocycles. The molecular weight excluding hydrogens is 392 g/mol. The van der Waals surface area contributed by atoms with Crippen LogP contribution in [-0.2, 0) is 6.54 Å². The van der Waals surface area contributed by atoms with E-state index < -0.39 is 6.10 Å². The van der Waals surface area contributed by atoms with E-state index in [1.807, 2.05) is 35.2 Å². The predicted octanol–water partition coefficient (Wildman–Crippen LogP) is 4.73. The fraction of sp³-hybridized carbons (Fsp3) is 0.240. The minimum absolute atomic E-state index is 0.403. The van der Waals surface area contributed by atoms with Gasteiger partial charge in [-0.05, 0) is 42.3 Å². The van der Waals surface area contributed by atoms with Gasteiger partial charge in [0.05, 0.1) is 38.8 Å². The van der Waals surface area contributed by atoms with Crippen molar-refractivity contribution in [1.29, 1.82) is 0 Å².